The van der Waals surface area contributed by atoms with E-state index in [1.807, 2.05) is 6.07 Å². The lowest BCUT2D eigenvalue weighted by molar-refractivity contribution is 0.0511. The molecule has 21 heavy (non-hydrogen) atoms. The van der Waals surface area contributed by atoms with Crippen molar-refractivity contribution >= 4 is 13.7 Å². The Labute approximate surface area is 125 Å². The average Bonchev–Trinajstić information content (AvgIpc) is 2.43. The molecule has 1 N–H and O–H groups in total. The minimum absolute atomic E-state index is 0.607. The zero-order valence-corrected chi connectivity index (χ0v) is 13.8. The lowest BCUT2D eigenvalue weighted by Gasteiger charge is -2.27. The predicted molar refractivity (Wildman–Crippen MR) is 80.2 cm³/mol. The van der Waals surface area contributed by atoms with Gasteiger partial charge in [0.2, 0.25) is 0 Å². The second kappa shape index (κ2) is 7.07. The van der Waals surface area contributed by atoms with E-state index in [4.69, 9.17) is 13.8 Å². The number of benzene rings is 1. The highest BCUT2D eigenvalue weighted by molar-refractivity contribution is 7.54. The molecule has 0 radical (unpaired) electrons. The molecule has 6 nitrogen and oxygen atoms in total. The molecular formula is C14H22NO5P. The van der Waals surface area contributed by atoms with Crippen molar-refractivity contribution in [2.45, 2.75) is 32.2 Å². The van der Waals surface area contributed by atoms with Crippen LogP contribution < -0.4 is 5.32 Å². The van der Waals surface area contributed by atoms with E-state index in [0.717, 1.165) is 0 Å². The van der Waals surface area contributed by atoms with Crippen LogP contribution in [-0.4, -0.2) is 25.9 Å². The number of carbonyl (C=O) groups excluding carboxylic acids is 1. The van der Waals surface area contributed by atoms with E-state index >= 15 is 0 Å². The first-order valence-electron chi connectivity index (χ1n) is 6.47. The van der Waals surface area contributed by atoms with Crippen molar-refractivity contribution < 1.29 is 23.1 Å². The third-order valence-corrected chi connectivity index (χ3v) is 4.67. The zero-order chi connectivity index (χ0) is 16.1. The second-order valence-electron chi connectivity index (χ2n) is 5.36. The van der Waals surface area contributed by atoms with Gasteiger partial charge in [-0.05, 0) is 26.3 Å². The molecule has 0 aliphatic carbocycles. The molecule has 1 aromatic rings. The van der Waals surface area contributed by atoms with Crippen molar-refractivity contribution in [1.82, 2.24) is 5.32 Å². The van der Waals surface area contributed by atoms with Crippen LogP contribution in [-0.2, 0) is 18.3 Å². The quantitative estimate of drug-likeness (QED) is 0.839. The van der Waals surface area contributed by atoms with Gasteiger partial charge in [0, 0.05) is 14.2 Å². The second-order valence-corrected chi connectivity index (χ2v) is 7.69. The Morgan fingerprint density at radius 3 is 2.10 bits per heavy atom. The highest BCUT2D eigenvalue weighted by Gasteiger charge is 2.37. The number of rotatable bonds is 5. The van der Waals surface area contributed by atoms with Crippen LogP contribution in [0.5, 0.6) is 0 Å². The third-order valence-electron chi connectivity index (χ3n) is 2.59. The van der Waals surface area contributed by atoms with Crippen LogP contribution in [0.3, 0.4) is 0 Å². The minimum atomic E-state index is -3.54. The molecule has 0 aliphatic heterocycles. The summed E-state index contributed by atoms with van der Waals surface area (Å²) in [6.45, 7) is 5.24. The first-order valence-corrected chi connectivity index (χ1v) is 8.08. The van der Waals surface area contributed by atoms with Gasteiger partial charge in [-0.25, -0.2) is 4.79 Å². The molecular weight excluding hydrogens is 293 g/mol. The largest absolute Gasteiger partial charge is 0.444 e. The van der Waals surface area contributed by atoms with Crippen LogP contribution in [0.15, 0.2) is 30.3 Å². The van der Waals surface area contributed by atoms with Crippen molar-refractivity contribution in [1.29, 1.82) is 0 Å². The molecule has 1 unspecified atom stereocenters. The maximum absolute atomic E-state index is 12.6. The molecule has 1 amide bonds. The first-order chi connectivity index (χ1) is 9.72. The van der Waals surface area contributed by atoms with Crippen LogP contribution in [0.1, 0.15) is 32.1 Å². The Hall–Kier alpha value is -1.36. The van der Waals surface area contributed by atoms with Gasteiger partial charge in [0.15, 0.2) is 5.78 Å². The standard InChI is InChI=1S/C14H22NO5P/c1-14(2,3)20-13(16)15-12(21(17,18-4)19-5)11-9-7-6-8-10-11/h6-10,12H,1-5H3,(H,15,16). The number of carbonyl (C=O) groups is 1. The maximum Gasteiger partial charge on any atom is 0.408 e. The Morgan fingerprint density at radius 2 is 1.67 bits per heavy atom. The zero-order valence-electron chi connectivity index (χ0n) is 13.0. The molecule has 0 aromatic heterocycles. The molecule has 0 fully saturated rings. The summed E-state index contributed by atoms with van der Waals surface area (Å²) in [4.78, 5) is 12.0. The molecule has 0 saturated heterocycles. The average molecular weight is 315 g/mol. The minimum Gasteiger partial charge on any atom is -0.444 e. The van der Waals surface area contributed by atoms with Crippen molar-refractivity contribution in [3.8, 4) is 0 Å². The SMILES string of the molecule is COP(=O)(OC)C(NC(=O)OC(C)(C)C)c1ccccc1. The number of ether oxygens (including phenoxy) is 1. The summed E-state index contributed by atoms with van der Waals surface area (Å²) in [7, 11) is -0.995. The number of amides is 1. The van der Waals surface area contributed by atoms with Crippen molar-refractivity contribution in [2.75, 3.05) is 14.2 Å². The van der Waals surface area contributed by atoms with Crippen LogP contribution in [0.25, 0.3) is 0 Å². The fourth-order valence-corrected chi connectivity index (χ4v) is 3.06. The molecule has 0 saturated carbocycles. The third kappa shape index (κ3) is 5.16. The molecule has 0 heterocycles. The Morgan fingerprint density at radius 1 is 1.14 bits per heavy atom. The maximum atomic E-state index is 12.6. The van der Waals surface area contributed by atoms with E-state index < -0.39 is 25.1 Å². The molecule has 118 valence electrons. The van der Waals surface area contributed by atoms with Gasteiger partial charge in [0.25, 0.3) is 0 Å². The van der Waals surface area contributed by atoms with E-state index in [2.05, 4.69) is 5.32 Å². The highest BCUT2D eigenvalue weighted by Crippen LogP contribution is 2.58. The summed E-state index contributed by atoms with van der Waals surface area (Å²) in [5.74, 6) is -0.941. The summed E-state index contributed by atoms with van der Waals surface area (Å²) in [6, 6.07) is 8.82. The van der Waals surface area contributed by atoms with E-state index in [1.54, 1.807) is 45.0 Å². The highest BCUT2D eigenvalue weighted by atomic mass is 31.2. The summed E-state index contributed by atoms with van der Waals surface area (Å²) >= 11 is 0. The van der Waals surface area contributed by atoms with Crippen LogP contribution in [0.2, 0.25) is 0 Å². The summed E-state index contributed by atoms with van der Waals surface area (Å²) in [5.41, 5.74) is -0.0504. The molecule has 1 rings (SSSR count). The van der Waals surface area contributed by atoms with E-state index in [-0.39, 0.29) is 0 Å². The van der Waals surface area contributed by atoms with Crippen molar-refractivity contribution in [2.24, 2.45) is 0 Å². The Bertz CT molecular complexity index is 504. The molecule has 0 bridgehead atoms. The molecule has 1 aromatic carbocycles. The van der Waals surface area contributed by atoms with Gasteiger partial charge in [-0.1, -0.05) is 30.3 Å². The van der Waals surface area contributed by atoms with E-state index in [0.29, 0.717) is 5.56 Å². The van der Waals surface area contributed by atoms with Gasteiger partial charge in [0.1, 0.15) is 5.60 Å². The fraction of sp³-hybridized carbons (Fsp3) is 0.500. The number of hydrogen-bond donors (Lipinski definition) is 1. The smallest absolute Gasteiger partial charge is 0.408 e. The number of hydrogen-bond acceptors (Lipinski definition) is 5. The Kier molecular flexibility index (Phi) is 5.96. The van der Waals surface area contributed by atoms with Crippen LogP contribution >= 0.6 is 7.60 Å². The van der Waals surface area contributed by atoms with E-state index in [1.165, 1.54) is 14.2 Å². The van der Waals surface area contributed by atoms with Gasteiger partial charge in [-0.15, -0.1) is 0 Å². The van der Waals surface area contributed by atoms with Crippen molar-refractivity contribution in [3.05, 3.63) is 35.9 Å². The molecule has 1 atom stereocenters. The van der Waals surface area contributed by atoms with Crippen LogP contribution in [0, 0.1) is 0 Å². The fourth-order valence-electron chi connectivity index (χ4n) is 1.68. The predicted octanol–water partition coefficient (Wildman–Crippen LogP) is 3.70. The Balaban J connectivity index is 3.04. The van der Waals surface area contributed by atoms with Gasteiger partial charge >= 0.3 is 13.7 Å². The number of nitrogens with one attached hydrogen (secondary N) is 1. The van der Waals surface area contributed by atoms with Gasteiger partial charge in [-0.2, -0.15) is 0 Å². The van der Waals surface area contributed by atoms with E-state index in [9.17, 15) is 9.36 Å². The van der Waals surface area contributed by atoms with Gasteiger partial charge < -0.3 is 19.1 Å². The molecule has 0 spiro atoms. The lowest BCUT2D eigenvalue weighted by Crippen LogP contribution is -2.35. The summed E-state index contributed by atoms with van der Waals surface area (Å²) in [5, 5.41) is 2.56. The summed E-state index contributed by atoms with van der Waals surface area (Å²) < 4.78 is 27.8. The number of alkyl carbamates (subject to hydrolysis) is 1. The van der Waals surface area contributed by atoms with Gasteiger partial charge in [0.05, 0.1) is 0 Å². The first kappa shape index (κ1) is 17.7. The topological polar surface area (TPSA) is 73.9 Å². The summed E-state index contributed by atoms with van der Waals surface area (Å²) in [6.07, 6.45) is -0.689. The lowest BCUT2D eigenvalue weighted by atomic mass is 10.2. The normalized spacial score (nSPS) is 13.6. The van der Waals surface area contributed by atoms with Crippen molar-refractivity contribution in [3.63, 3.8) is 0 Å². The molecule has 0 aliphatic rings. The molecule has 7 heteroatoms. The van der Waals surface area contributed by atoms with Gasteiger partial charge in [-0.3, -0.25) is 4.57 Å². The monoisotopic (exact) mass is 315 g/mol. The van der Waals surface area contributed by atoms with Crippen LogP contribution in [0.4, 0.5) is 4.79 Å².